The van der Waals surface area contributed by atoms with Gasteiger partial charge in [-0.2, -0.15) is 4.68 Å². The highest BCUT2D eigenvalue weighted by atomic mass is 19.1. The molecule has 0 bridgehead atoms. The molecule has 0 unspecified atom stereocenters. The summed E-state index contributed by atoms with van der Waals surface area (Å²) in [7, 11) is 1.43. The molecule has 1 aliphatic heterocycles. The summed E-state index contributed by atoms with van der Waals surface area (Å²) in [5.41, 5.74) is 5.53. The summed E-state index contributed by atoms with van der Waals surface area (Å²) in [4.78, 5) is 27.4. The fourth-order valence-corrected chi connectivity index (χ4v) is 5.04. The molecule has 2 atom stereocenters. The number of para-hydroxylation sites is 1. The molecule has 0 amide bonds. The van der Waals surface area contributed by atoms with Crippen LogP contribution in [0.15, 0.2) is 46.0 Å². The third-order valence-electron chi connectivity index (χ3n) is 6.85. The second-order valence-corrected chi connectivity index (χ2v) is 9.42. The Balaban J connectivity index is 1.41. The third-order valence-corrected chi connectivity index (χ3v) is 6.85. The lowest BCUT2D eigenvalue weighted by Crippen LogP contribution is -2.44. The van der Waals surface area contributed by atoms with Gasteiger partial charge in [0, 0.05) is 25.2 Å². The molecule has 186 valence electrons. The molecule has 35 heavy (non-hydrogen) atoms. The van der Waals surface area contributed by atoms with Crippen molar-refractivity contribution in [3.63, 3.8) is 0 Å². The summed E-state index contributed by atoms with van der Waals surface area (Å²) < 4.78 is 28.9. The van der Waals surface area contributed by atoms with Gasteiger partial charge in [0.15, 0.2) is 11.6 Å². The van der Waals surface area contributed by atoms with Crippen molar-refractivity contribution in [3.05, 3.63) is 63.1 Å². The van der Waals surface area contributed by atoms with Crippen molar-refractivity contribution < 1.29 is 13.9 Å². The zero-order valence-corrected chi connectivity index (χ0v) is 19.7. The van der Waals surface area contributed by atoms with Crippen LogP contribution in [0.3, 0.4) is 0 Å². The topological polar surface area (TPSA) is 118 Å². The summed E-state index contributed by atoms with van der Waals surface area (Å²) >= 11 is 0. The fourth-order valence-electron chi connectivity index (χ4n) is 5.04. The van der Waals surface area contributed by atoms with Crippen LogP contribution in [0.2, 0.25) is 0 Å². The van der Waals surface area contributed by atoms with Crippen LogP contribution >= 0.6 is 0 Å². The number of nitrogens with zero attached hydrogens (tertiary/aromatic N) is 3. The number of nitrogens with two attached hydrogens (primary N) is 2. The first-order valence-electron chi connectivity index (χ1n) is 11.9. The Hall–Kier alpha value is -3.53. The zero-order valence-electron chi connectivity index (χ0n) is 19.7. The molecule has 1 aliphatic carbocycles. The Morgan fingerprint density at radius 1 is 1.17 bits per heavy atom. The van der Waals surface area contributed by atoms with Gasteiger partial charge in [0.05, 0.1) is 12.5 Å². The van der Waals surface area contributed by atoms with Gasteiger partial charge in [-0.05, 0) is 49.8 Å². The number of hydrogen-bond donors (Lipinski definition) is 2. The van der Waals surface area contributed by atoms with Crippen LogP contribution in [0.4, 0.5) is 10.1 Å². The summed E-state index contributed by atoms with van der Waals surface area (Å²) in [5, 5.41) is 0.0351. The Morgan fingerprint density at radius 3 is 2.60 bits per heavy atom. The number of benzene rings is 2. The number of aromatic nitrogens is 2. The van der Waals surface area contributed by atoms with Crippen molar-refractivity contribution >= 4 is 16.6 Å². The van der Waals surface area contributed by atoms with Crippen LogP contribution < -0.4 is 37.2 Å². The van der Waals surface area contributed by atoms with Crippen molar-refractivity contribution in [2.24, 2.45) is 11.7 Å². The van der Waals surface area contributed by atoms with Crippen molar-refractivity contribution in [1.29, 1.82) is 0 Å². The molecule has 1 saturated carbocycles. The van der Waals surface area contributed by atoms with E-state index in [2.05, 4.69) is 0 Å². The normalized spacial score (nSPS) is 18.7. The average molecular weight is 484 g/mol. The maximum Gasteiger partial charge on any atom is 0.350 e. The number of halogens is 1. The molecule has 10 heteroatoms. The lowest BCUT2D eigenvalue weighted by atomic mass is 10.00. The second kappa shape index (κ2) is 9.26. The molecule has 4 N–H and O–H groups in total. The maximum absolute atomic E-state index is 15.4. The van der Waals surface area contributed by atoms with Crippen LogP contribution in [0.5, 0.6) is 11.5 Å². The van der Waals surface area contributed by atoms with Crippen molar-refractivity contribution in [1.82, 2.24) is 9.24 Å². The first kappa shape index (κ1) is 23.2. The summed E-state index contributed by atoms with van der Waals surface area (Å²) in [5.74, 6) is 6.35. The monoisotopic (exact) mass is 483 g/mol. The van der Waals surface area contributed by atoms with E-state index in [4.69, 9.17) is 21.1 Å². The van der Waals surface area contributed by atoms with Gasteiger partial charge in [-0.15, -0.1) is 0 Å². The Kier molecular flexibility index (Phi) is 6.14. The van der Waals surface area contributed by atoms with Crippen LogP contribution in [0, 0.1) is 11.7 Å². The van der Waals surface area contributed by atoms with Crippen molar-refractivity contribution in [2.45, 2.75) is 37.8 Å². The highest BCUT2D eigenvalue weighted by molar-refractivity contribution is 5.91. The molecular weight excluding hydrogens is 453 g/mol. The number of rotatable bonds is 8. The number of ether oxygens (including phenoxy) is 2. The minimum Gasteiger partial charge on any atom is -0.492 e. The van der Waals surface area contributed by atoms with Gasteiger partial charge in [0.2, 0.25) is 0 Å². The van der Waals surface area contributed by atoms with Crippen LogP contribution in [0.25, 0.3) is 10.9 Å². The highest BCUT2D eigenvalue weighted by Crippen LogP contribution is 2.43. The predicted octanol–water partition coefficient (Wildman–Crippen LogP) is 1.98. The fraction of sp³-hybridized carbons (Fsp3) is 0.440. The first-order chi connectivity index (χ1) is 16.9. The van der Waals surface area contributed by atoms with Crippen LogP contribution in [-0.4, -0.2) is 42.1 Å². The van der Waals surface area contributed by atoms with Gasteiger partial charge >= 0.3 is 5.69 Å². The lowest BCUT2D eigenvalue weighted by molar-refractivity contribution is 0.268. The van der Waals surface area contributed by atoms with Crippen LogP contribution in [0.1, 0.15) is 31.7 Å². The molecular formula is C25H30FN5O4. The molecule has 2 heterocycles. The lowest BCUT2D eigenvalue weighted by Gasteiger charge is -2.25. The average Bonchev–Trinajstić information content (AvgIpc) is 3.60. The molecule has 2 aromatic carbocycles. The molecule has 2 aliphatic rings. The number of fused-ring (bicyclic) bond motifs is 1. The molecule has 5 rings (SSSR count). The molecule has 9 nitrogen and oxygen atoms in total. The van der Waals surface area contributed by atoms with Gasteiger partial charge < -0.3 is 25.9 Å². The van der Waals surface area contributed by atoms with E-state index >= 15 is 4.39 Å². The minimum atomic E-state index is -0.741. The molecule has 1 saturated heterocycles. The van der Waals surface area contributed by atoms with E-state index in [1.54, 1.807) is 0 Å². The summed E-state index contributed by atoms with van der Waals surface area (Å²) in [6.07, 6.45) is 3.14. The minimum absolute atomic E-state index is 0.0351. The van der Waals surface area contributed by atoms with Gasteiger partial charge in [-0.25, -0.2) is 9.18 Å². The molecule has 1 aromatic heterocycles. The van der Waals surface area contributed by atoms with Crippen molar-refractivity contribution in [3.8, 4) is 11.5 Å². The van der Waals surface area contributed by atoms with E-state index in [-0.39, 0.29) is 34.8 Å². The highest BCUT2D eigenvalue weighted by Gasteiger charge is 2.34. The van der Waals surface area contributed by atoms with Gasteiger partial charge in [0.25, 0.3) is 5.56 Å². The zero-order chi connectivity index (χ0) is 24.7. The van der Waals surface area contributed by atoms with E-state index < -0.39 is 17.1 Å². The Labute approximate surface area is 201 Å². The Morgan fingerprint density at radius 2 is 1.91 bits per heavy atom. The molecule has 3 aromatic rings. The standard InChI is InChI=1S/C25H30FN5O4/c1-34-23-21-19(24(32)31(28)25(33)30(21)17-7-8-17)12-20(26)22(23)29-10-9-15(13-29)11-16(27)14-35-18-5-3-2-4-6-18/h2-6,12,15-17H,7-11,13-14,27-28H2,1H3/t15-,16-/m1/s1. The quantitative estimate of drug-likeness (QED) is 0.471. The van der Waals surface area contributed by atoms with E-state index in [1.807, 2.05) is 35.2 Å². The van der Waals surface area contributed by atoms with Gasteiger partial charge in [-0.3, -0.25) is 9.36 Å². The summed E-state index contributed by atoms with van der Waals surface area (Å²) in [6.45, 7) is 1.59. The number of methoxy groups -OCH3 is 1. The van der Waals surface area contributed by atoms with E-state index in [1.165, 1.54) is 17.7 Å². The van der Waals surface area contributed by atoms with Crippen molar-refractivity contribution in [2.75, 3.05) is 37.5 Å². The third kappa shape index (κ3) is 4.34. The molecule has 0 spiro atoms. The predicted molar refractivity (Wildman–Crippen MR) is 132 cm³/mol. The first-order valence-corrected chi connectivity index (χ1v) is 11.9. The Bertz CT molecular complexity index is 1350. The van der Waals surface area contributed by atoms with E-state index in [9.17, 15) is 9.59 Å². The number of nitrogen functional groups attached to an aromatic ring is 1. The van der Waals surface area contributed by atoms with Crippen LogP contribution in [-0.2, 0) is 0 Å². The maximum atomic E-state index is 15.4. The SMILES string of the molecule is COc1c(N2CC[C@H](C[C@@H](N)COc3ccccc3)C2)c(F)cc2c(=O)n(N)c(=O)n(C3CC3)c12. The number of anilines is 1. The number of hydrogen-bond acceptors (Lipinski definition) is 7. The molecule has 2 fully saturated rings. The van der Waals surface area contributed by atoms with Gasteiger partial charge in [0.1, 0.15) is 23.6 Å². The second-order valence-electron chi connectivity index (χ2n) is 9.42. The molecule has 0 radical (unpaired) electrons. The van der Waals surface area contributed by atoms with Gasteiger partial charge in [-0.1, -0.05) is 18.2 Å². The largest absolute Gasteiger partial charge is 0.492 e. The van der Waals surface area contributed by atoms with E-state index in [0.717, 1.165) is 31.4 Å². The smallest absolute Gasteiger partial charge is 0.350 e. The van der Waals surface area contributed by atoms with E-state index in [0.29, 0.717) is 29.9 Å². The summed E-state index contributed by atoms with van der Waals surface area (Å²) in [6, 6.07) is 10.5.